The van der Waals surface area contributed by atoms with E-state index in [1.807, 2.05) is 12.4 Å². The molecule has 0 aliphatic heterocycles. The van der Waals surface area contributed by atoms with Gasteiger partial charge in [-0.15, -0.1) is 0 Å². The second kappa shape index (κ2) is 8.54. The lowest BCUT2D eigenvalue weighted by atomic mass is 9.80. The van der Waals surface area contributed by atoms with Gasteiger partial charge in [0.2, 0.25) is 0 Å². The largest absolute Gasteiger partial charge is 0.338 e. The Bertz CT molecular complexity index is 391. The number of likely N-dealkylation sites (N-methyl/N-ethyl adjacent to an activating group) is 2. The summed E-state index contributed by atoms with van der Waals surface area (Å²) in [4.78, 5) is 7.16. The Morgan fingerprint density at radius 3 is 2.19 bits per heavy atom. The molecule has 0 aliphatic rings. The van der Waals surface area contributed by atoms with Crippen molar-refractivity contribution in [2.75, 3.05) is 19.6 Å². The first-order chi connectivity index (χ1) is 10.1. The number of aryl methyl sites for hydroxylation is 1. The summed E-state index contributed by atoms with van der Waals surface area (Å²) in [5.74, 6) is 1.17. The van der Waals surface area contributed by atoms with Crippen LogP contribution in [0.2, 0.25) is 0 Å². The first-order valence-corrected chi connectivity index (χ1v) is 8.54. The fourth-order valence-corrected chi connectivity index (χ4v) is 3.74. The van der Waals surface area contributed by atoms with Crippen LogP contribution in [0.25, 0.3) is 0 Å². The number of nitrogens with one attached hydrogen (secondary N) is 1. The lowest BCUT2D eigenvalue weighted by Crippen LogP contribution is -2.61. The van der Waals surface area contributed by atoms with Crippen molar-refractivity contribution >= 4 is 0 Å². The van der Waals surface area contributed by atoms with Crippen molar-refractivity contribution in [3.63, 3.8) is 0 Å². The summed E-state index contributed by atoms with van der Waals surface area (Å²) in [6.07, 6.45) is 7.24. The number of aromatic nitrogens is 2. The van der Waals surface area contributed by atoms with Crippen molar-refractivity contribution in [1.29, 1.82) is 0 Å². The number of rotatable bonds is 10. The minimum Gasteiger partial charge on any atom is -0.338 e. The van der Waals surface area contributed by atoms with Crippen molar-refractivity contribution in [2.45, 2.75) is 65.5 Å². The van der Waals surface area contributed by atoms with E-state index in [0.717, 1.165) is 38.9 Å². The fraction of sp³-hybridized carbons (Fsp3) is 0.824. The first kappa shape index (κ1) is 18.2. The topological polar surface area (TPSA) is 33.1 Å². The van der Waals surface area contributed by atoms with Gasteiger partial charge >= 0.3 is 0 Å². The molecule has 0 amide bonds. The van der Waals surface area contributed by atoms with E-state index in [2.05, 4.69) is 61.4 Å². The minimum absolute atomic E-state index is 0.200. The van der Waals surface area contributed by atoms with Crippen LogP contribution in [0.4, 0.5) is 0 Å². The number of hydrogen-bond acceptors (Lipinski definition) is 3. The molecule has 0 fully saturated rings. The molecular formula is C17H34N4. The molecule has 21 heavy (non-hydrogen) atoms. The van der Waals surface area contributed by atoms with Gasteiger partial charge in [0.1, 0.15) is 5.82 Å². The zero-order valence-corrected chi connectivity index (χ0v) is 14.8. The van der Waals surface area contributed by atoms with Gasteiger partial charge in [-0.05, 0) is 32.5 Å². The maximum atomic E-state index is 4.54. The van der Waals surface area contributed by atoms with Gasteiger partial charge in [-0.3, -0.25) is 4.90 Å². The fourth-order valence-electron chi connectivity index (χ4n) is 3.74. The third-order valence-electron chi connectivity index (χ3n) is 5.02. The van der Waals surface area contributed by atoms with Crippen molar-refractivity contribution in [3.8, 4) is 0 Å². The molecule has 0 aliphatic carbocycles. The lowest BCUT2D eigenvalue weighted by Gasteiger charge is -2.48. The Morgan fingerprint density at radius 2 is 1.81 bits per heavy atom. The van der Waals surface area contributed by atoms with Gasteiger partial charge in [-0.25, -0.2) is 4.98 Å². The maximum absolute atomic E-state index is 4.54. The highest BCUT2D eigenvalue weighted by atomic mass is 15.2. The van der Waals surface area contributed by atoms with E-state index in [0.29, 0.717) is 6.04 Å². The zero-order valence-electron chi connectivity index (χ0n) is 14.8. The van der Waals surface area contributed by atoms with Crippen molar-refractivity contribution < 1.29 is 0 Å². The third-order valence-corrected chi connectivity index (χ3v) is 5.02. The number of nitrogens with zero attached hydrogens (tertiary/aromatic N) is 3. The molecule has 4 nitrogen and oxygen atoms in total. The molecule has 0 bridgehead atoms. The molecule has 4 heteroatoms. The minimum atomic E-state index is 0.200. The van der Waals surface area contributed by atoms with Crippen LogP contribution in [0.15, 0.2) is 12.4 Å². The van der Waals surface area contributed by atoms with Gasteiger partial charge in [0.05, 0.1) is 0 Å². The molecule has 0 aromatic carbocycles. The number of hydrogen-bond donors (Lipinski definition) is 1. The van der Waals surface area contributed by atoms with Crippen LogP contribution in [-0.2, 0) is 13.5 Å². The molecule has 1 heterocycles. The van der Waals surface area contributed by atoms with Gasteiger partial charge in [0.15, 0.2) is 0 Å². The predicted octanol–water partition coefficient (Wildman–Crippen LogP) is 2.84. The molecule has 1 aromatic rings. The predicted molar refractivity (Wildman–Crippen MR) is 90.6 cm³/mol. The SMILES string of the molecule is CCNC(Cc1nccn1C)C(CC)(CC)N(CC)CC. The highest BCUT2D eigenvalue weighted by Crippen LogP contribution is 2.29. The van der Waals surface area contributed by atoms with E-state index in [4.69, 9.17) is 0 Å². The summed E-state index contributed by atoms with van der Waals surface area (Å²) >= 11 is 0. The summed E-state index contributed by atoms with van der Waals surface area (Å²) in [5.41, 5.74) is 0.200. The summed E-state index contributed by atoms with van der Waals surface area (Å²) in [7, 11) is 2.09. The Hall–Kier alpha value is -0.870. The van der Waals surface area contributed by atoms with E-state index in [9.17, 15) is 0 Å². The average Bonchev–Trinajstić information content (AvgIpc) is 2.90. The Labute approximate surface area is 130 Å². The number of imidazole rings is 1. The second-order valence-electron chi connectivity index (χ2n) is 5.75. The molecular weight excluding hydrogens is 260 g/mol. The zero-order chi connectivity index (χ0) is 15.9. The molecule has 1 N–H and O–H groups in total. The summed E-state index contributed by atoms with van der Waals surface area (Å²) in [5, 5.41) is 3.74. The van der Waals surface area contributed by atoms with Crippen LogP contribution in [0.3, 0.4) is 0 Å². The highest BCUT2D eigenvalue weighted by molar-refractivity contribution is 5.05. The Balaban J connectivity index is 3.10. The van der Waals surface area contributed by atoms with E-state index in [1.54, 1.807) is 0 Å². The van der Waals surface area contributed by atoms with Crippen molar-refractivity contribution in [1.82, 2.24) is 19.8 Å². The Morgan fingerprint density at radius 1 is 1.19 bits per heavy atom. The maximum Gasteiger partial charge on any atom is 0.109 e. The van der Waals surface area contributed by atoms with Crippen LogP contribution in [-0.4, -0.2) is 45.7 Å². The normalized spacial score (nSPS) is 13.9. The second-order valence-corrected chi connectivity index (χ2v) is 5.75. The Kier molecular flexibility index (Phi) is 7.40. The monoisotopic (exact) mass is 294 g/mol. The molecule has 0 spiro atoms. The molecule has 1 unspecified atom stereocenters. The lowest BCUT2D eigenvalue weighted by molar-refractivity contribution is 0.0489. The average molecular weight is 294 g/mol. The van der Waals surface area contributed by atoms with E-state index in [-0.39, 0.29) is 5.54 Å². The van der Waals surface area contributed by atoms with Gasteiger partial charge in [-0.2, -0.15) is 0 Å². The molecule has 1 rings (SSSR count). The molecule has 0 saturated heterocycles. The molecule has 0 saturated carbocycles. The summed E-state index contributed by atoms with van der Waals surface area (Å²) in [6, 6.07) is 0.429. The van der Waals surface area contributed by atoms with Crippen LogP contribution in [0.5, 0.6) is 0 Å². The quantitative estimate of drug-likeness (QED) is 0.720. The third kappa shape index (κ3) is 3.86. The molecule has 1 atom stereocenters. The van der Waals surface area contributed by atoms with Crippen LogP contribution < -0.4 is 5.32 Å². The van der Waals surface area contributed by atoms with E-state index < -0.39 is 0 Å². The standard InChI is InChI=1S/C17H34N4/c1-7-17(8-2,21(10-4)11-5)15(18-9-3)14-16-19-12-13-20(16)6/h12-13,15,18H,7-11,14H2,1-6H3. The van der Waals surface area contributed by atoms with Gasteiger partial charge in [-0.1, -0.05) is 34.6 Å². The molecule has 122 valence electrons. The van der Waals surface area contributed by atoms with Gasteiger partial charge < -0.3 is 9.88 Å². The van der Waals surface area contributed by atoms with Crippen LogP contribution in [0, 0.1) is 0 Å². The van der Waals surface area contributed by atoms with E-state index in [1.165, 1.54) is 5.82 Å². The van der Waals surface area contributed by atoms with Gasteiger partial charge in [0.25, 0.3) is 0 Å². The molecule has 1 aromatic heterocycles. The van der Waals surface area contributed by atoms with Crippen molar-refractivity contribution in [3.05, 3.63) is 18.2 Å². The highest BCUT2D eigenvalue weighted by Gasteiger charge is 2.39. The summed E-state index contributed by atoms with van der Waals surface area (Å²) < 4.78 is 2.14. The molecule has 0 radical (unpaired) electrons. The first-order valence-electron chi connectivity index (χ1n) is 8.54. The van der Waals surface area contributed by atoms with Gasteiger partial charge in [0, 0.05) is 37.4 Å². The van der Waals surface area contributed by atoms with Crippen molar-refractivity contribution in [2.24, 2.45) is 7.05 Å². The van der Waals surface area contributed by atoms with Crippen LogP contribution >= 0.6 is 0 Å². The van der Waals surface area contributed by atoms with E-state index >= 15 is 0 Å². The smallest absolute Gasteiger partial charge is 0.109 e. The van der Waals surface area contributed by atoms with Crippen LogP contribution in [0.1, 0.15) is 53.3 Å². The summed E-state index contributed by atoms with van der Waals surface area (Å²) in [6.45, 7) is 14.6.